The van der Waals surface area contributed by atoms with E-state index in [4.69, 9.17) is 4.74 Å². The minimum absolute atomic E-state index is 0.194. The summed E-state index contributed by atoms with van der Waals surface area (Å²) in [5.74, 6) is 0.614. The van der Waals surface area contributed by atoms with Crippen LogP contribution in [0.15, 0.2) is 53.4 Å². The molecule has 6 nitrogen and oxygen atoms in total. The predicted molar refractivity (Wildman–Crippen MR) is 102 cm³/mol. The van der Waals surface area contributed by atoms with Crippen LogP contribution in [0.1, 0.15) is 6.42 Å². The highest BCUT2D eigenvalue weighted by Crippen LogP contribution is 2.20. The van der Waals surface area contributed by atoms with Crippen molar-refractivity contribution in [1.29, 1.82) is 0 Å². The zero-order valence-electron chi connectivity index (χ0n) is 14.8. The van der Waals surface area contributed by atoms with Crippen molar-refractivity contribution in [2.45, 2.75) is 11.3 Å². The average Bonchev–Trinajstić information content (AvgIpc) is 2.60. The Morgan fingerprint density at radius 2 is 1.56 bits per heavy atom. The fourth-order valence-corrected chi connectivity index (χ4v) is 3.31. The third-order valence-electron chi connectivity index (χ3n) is 3.62. The van der Waals surface area contributed by atoms with E-state index in [0.717, 1.165) is 25.2 Å². The van der Waals surface area contributed by atoms with E-state index in [0.29, 0.717) is 11.4 Å². The van der Waals surface area contributed by atoms with E-state index in [9.17, 15) is 8.42 Å². The molecule has 0 saturated heterocycles. The summed E-state index contributed by atoms with van der Waals surface area (Å²) in [4.78, 5) is 2.33. The van der Waals surface area contributed by atoms with Gasteiger partial charge in [-0.05, 0) is 75.6 Å². The van der Waals surface area contributed by atoms with Crippen LogP contribution in [0.5, 0.6) is 5.75 Å². The van der Waals surface area contributed by atoms with Gasteiger partial charge in [-0.3, -0.25) is 4.72 Å². The Balaban J connectivity index is 1.95. The second kappa shape index (κ2) is 8.73. The van der Waals surface area contributed by atoms with Crippen molar-refractivity contribution in [2.24, 2.45) is 0 Å². The lowest BCUT2D eigenvalue weighted by Crippen LogP contribution is -2.16. The fourth-order valence-electron chi connectivity index (χ4n) is 2.25. The molecule has 0 fully saturated rings. The molecule has 2 aromatic rings. The first-order valence-corrected chi connectivity index (χ1v) is 9.54. The maximum atomic E-state index is 12.4. The maximum Gasteiger partial charge on any atom is 0.261 e. The highest BCUT2D eigenvalue weighted by molar-refractivity contribution is 7.92. The number of rotatable bonds is 9. The van der Waals surface area contributed by atoms with Crippen LogP contribution in [0, 0.1) is 0 Å². The van der Waals surface area contributed by atoms with Crippen molar-refractivity contribution in [2.75, 3.05) is 44.3 Å². The number of nitrogens with one attached hydrogen (secondary N) is 2. The molecule has 7 heteroatoms. The smallest absolute Gasteiger partial charge is 0.261 e. The van der Waals surface area contributed by atoms with Gasteiger partial charge < -0.3 is 15.0 Å². The van der Waals surface area contributed by atoms with Crippen LogP contribution in [-0.4, -0.2) is 47.6 Å². The molecule has 25 heavy (non-hydrogen) atoms. The number of anilines is 2. The molecule has 0 amide bonds. The number of ether oxygens (including phenoxy) is 1. The van der Waals surface area contributed by atoms with Crippen LogP contribution >= 0.6 is 0 Å². The van der Waals surface area contributed by atoms with E-state index >= 15 is 0 Å². The molecule has 0 aliphatic heterocycles. The molecule has 0 unspecified atom stereocenters. The Labute approximate surface area is 149 Å². The van der Waals surface area contributed by atoms with Crippen molar-refractivity contribution in [3.63, 3.8) is 0 Å². The summed E-state index contributed by atoms with van der Waals surface area (Å²) in [6.45, 7) is 1.89. The lowest BCUT2D eigenvalue weighted by molar-refractivity contribution is 0.405. The van der Waals surface area contributed by atoms with E-state index in [2.05, 4.69) is 14.9 Å². The van der Waals surface area contributed by atoms with Crippen molar-refractivity contribution in [3.05, 3.63) is 48.5 Å². The molecule has 0 atom stereocenters. The number of sulfonamides is 1. The second-order valence-electron chi connectivity index (χ2n) is 5.94. The Bertz CT molecular complexity index is 757. The molecule has 2 aromatic carbocycles. The van der Waals surface area contributed by atoms with Gasteiger partial charge in [-0.25, -0.2) is 8.42 Å². The largest absolute Gasteiger partial charge is 0.497 e. The molecule has 0 saturated carbocycles. The molecule has 0 aliphatic carbocycles. The number of nitrogens with zero attached hydrogens (tertiary/aromatic N) is 1. The van der Waals surface area contributed by atoms with Crippen molar-refractivity contribution in [1.82, 2.24) is 4.90 Å². The van der Waals surface area contributed by atoms with Gasteiger partial charge in [0.05, 0.1) is 12.0 Å². The lowest BCUT2D eigenvalue weighted by atomic mass is 10.3. The van der Waals surface area contributed by atoms with E-state index in [-0.39, 0.29) is 4.90 Å². The van der Waals surface area contributed by atoms with Gasteiger partial charge in [-0.15, -0.1) is 0 Å². The van der Waals surface area contributed by atoms with Crippen LogP contribution in [0.3, 0.4) is 0 Å². The number of hydrogen-bond donors (Lipinski definition) is 2. The van der Waals surface area contributed by atoms with Gasteiger partial charge in [-0.1, -0.05) is 0 Å². The molecule has 0 bridgehead atoms. The maximum absolute atomic E-state index is 12.4. The summed E-state index contributed by atoms with van der Waals surface area (Å²) in [6.07, 6.45) is 1.04. The van der Waals surface area contributed by atoms with Crippen molar-refractivity contribution >= 4 is 21.4 Å². The van der Waals surface area contributed by atoms with E-state index < -0.39 is 10.0 Å². The summed E-state index contributed by atoms with van der Waals surface area (Å²) >= 11 is 0. The predicted octanol–water partition coefficient (Wildman–Crippen LogP) is 2.86. The topological polar surface area (TPSA) is 70.7 Å². The Kier molecular flexibility index (Phi) is 6.66. The standard InChI is InChI=1S/C18H25N3O3S/c1-21(2)14-4-13-19-15-5-7-16(8-6-15)20-25(22,23)18-11-9-17(24-3)10-12-18/h5-12,19-20H,4,13-14H2,1-3H3. The molecular weight excluding hydrogens is 338 g/mol. The van der Waals surface area contributed by atoms with E-state index in [1.165, 1.54) is 19.2 Å². The normalized spacial score (nSPS) is 11.4. The van der Waals surface area contributed by atoms with Crippen LogP contribution in [0.4, 0.5) is 11.4 Å². The molecule has 0 radical (unpaired) electrons. The first-order valence-electron chi connectivity index (χ1n) is 8.06. The Hall–Kier alpha value is -2.25. The first-order chi connectivity index (χ1) is 11.9. The van der Waals surface area contributed by atoms with E-state index in [1.54, 1.807) is 24.3 Å². The van der Waals surface area contributed by atoms with Gasteiger partial charge in [0.25, 0.3) is 10.0 Å². The highest BCUT2D eigenvalue weighted by Gasteiger charge is 2.14. The quantitative estimate of drug-likeness (QED) is 0.671. The molecule has 2 N–H and O–H groups in total. The number of benzene rings is 2. The zero-order chi connectivity index (χ0) is 18.3. The summed E-state index contributed by atoms with van der Waals surface area (Å²) in [6, 6.07) is 13.5. The monoisotopic (exact) mass is 363 g/mol. The van der Waals surface area contributed by atoms with Crippen LogP contribution in [-0.2, 0) is 10.0 Å². The molecule has 136 valence electrons. The molecule has 0 spiro atoms. The number of methoxy groups -OCH3 is 1. The molecule has 2 rings (SSSR count). The van der Waals surface area contributed by atoms with Crippen molar-refractivity contribution < 1.29 is 13.2 Å². The first kappa shape index (κ1) is 19.1. The third kappa shape index (κ3) is 5.95. The summed E-state index contributed by atoms with van der Waals surface area (Å²) < 4.78 is 32.4. The third-order valence-corrected chi connectivity index (χ3v) is 5.02. The van der Waals surface area contributed by atoms with E-state index in [1.807, 2.05) is 26.2 Å². The van der Waals surface area contributed by atoms with Gasteiger partial charge in [0.1, 0.15) is 5.75 Å². The minimum Gasteiger partial charge on any atom is -0.497 e. The van der Waals surface area contributed by atoms with Gasteiger partial charge in [0.15, 0.2) is 0 Å². The molecule has 0 heterocycles. The molecular formula is C18H25N3O3S. The van der Waals surface area contributed by atoms with Crippen molar-refractivity contribution in [3.8, 4) is 5.75 Å². The lowest BCUT2D eigenvalue weighted by Gasteiger charge is -2.12. The molecule has 0 aliphatic rings. The molecule has 0 aromatic heterocycles. The fraction of sp³-hybridized carbons (Fsp3) is 0.333. The summed E-state index contributed by atoms with van der Waals surface area (Å²) in [7, 11) is 2.02. The van der Waals surface area contributed by atoms with Gasteiger partial charge in [-0.2, -0.15) is 0 Å². The van der Waals surface area contributed by atoms with Gasteiger partial charge in [0.2, 0.25) is 0 Å². The Morgan fingerprint density at radius 1 is 0.960 bits per heavy atom. The second-order valence-corrected chi connectivity index (χ2v) is 7.62. The van der Waals surface area contributed by atoms with Crippen LogP contribution in [0.25, 0.3) is 0 Å². The average molecular weight is 363 g/mol. The zero-order valence-corrected chi connectivity index (χ0v) is 15.6. The summed E-state index contributed by atoms with van der Waals surface area (Å²) in [5, 5.41) is 3.32. The van der Waals surface area contributed by atoms with Crippen LogP contribution < -0.4 is 14.8 Å². The summed E-state index contributed by atoms with van der Waals surface area (Å²) in [5.41, 5.74) is 1.49. The van der Waals surface area contributed by atoms with Crippen LogP contribution in [0.2, 0.25) is 0 Å². The van der Waals surface area contributed by atoms with Gasteiger partial charge >= 0.3 is 0 Å². The van der Waals surface area contributed by atoms with Gasteiger partial charge in [0, 0.05) is 17.9 Å². The SMILES string of the molecule is COc1ccc(S(=O)(=O)Nc2ccc(NCCCN(C)C)cc2)cc1. The number of hydrogen-bond acceptors (Lipinski definition) is 5. The minimum atomic E-state index is -3.61. The highest BCUT2D eigenvalue weighted by atomic mass is 32.2. The Morgan fingerprint density at radius 3 is 2.12 bits per heavy atom.